The highest BCUT2D eigenvalue weighted by Gasteiger charge is 2.30. The van der Waals surface area contributed by atoms with Gasteiger partial charge in [0.2, 0.25) is 5.91 Å². The first kappa shape index (κ1) is 15.2. The van der Waals surface area contributed by atoms with E-state index in [0.29, 0.717) is 19.5 Å². The highest BCUT2D eigenvalue weighted by atomic mass is 19.4. The number of halogens is 3. The Morgan fingerprint density at radius 1 is 1.50 bits per heavy atom. The van der Waals surface area contributed by atoms with Crippen molar-refractivity contribution >= 4 is 5.91 Å². The van der Waals surface area contributed by atoms with Crippen LogP contribution in [0.3, 0.4) is 0 Å². The van der Waals surface area contributed by atoms with Crippen molar-refractivity contribution < 1.29 is 22.7 Å². The lowest BCUT2D eigenvalue weighted by Crippen LogP contribution is -2.50. The Kier molecular flexibility index (Phi) is 5.40. The van der Waals surface area contributed by atoms with Crippen LogP contribution in [0.4, 0.5) is 13.2 Å². The van der Waals surface area contributed by atoms with Crippen molar-refractivity contribution in [2.45, 2.75) is 32.0 Å². The molecule has 1 amide bonds. The number of ether oxygens (including phenoxy) is 1. The molecule has 0 aromatic carbocycles. The Balaban J connectivity index is 2.34. The summed E-state index contributed by atoms with van der Waals surface area (Å²) in [6, 6.07) is 0.0649. The minimum atomic E-state index is -4.39. The van der Waals surface area contributed by atoms with Crippen LogP contribution in [-0.4, -0.2) is 49.3 Å². The van der Waals surface area contributed by atoms with Crippen LogP contribution in [0, 0.1) is 5.92 Å². The van der Waals surface area contributed by atoms with E-state index in [1.165, 1.54) is 4.90 Å². The molecule has 18 heavy (non-hydrogen) atoms. The fraction of sp³-hybridized carbons (Fsp3) is 0.909. The van der Waals surface area contributed by atoms with E-state index in [4.69, 9.17) is 5.73 Å². The van der Waals surface area contributed by atoms with Crippen LogP contribution >= 0.6 is 0 Å². The normalized spacial score (nSPS) is 25.3. The van der Waals surface area contributed by atoms with Gasteiger partial charge in [0, 0.05) is 19.1 Å². The molecule has 0 radical (unpaired) electrons. The van der Waals surface area contributed by atoms with E-state index in [-0.39, 0.29) is 12.0 Å². The number of carbonyl (C=O) groups excluding carboxylic acids is 1. The molecule has 106 valence electrons. The van der Waals surface area contributed by atoms with Crippen LogP contribution in [0.2, 0.25) is 0 Å². The first-order valence-electron chi connectivity index (χ1n) is 6.01. The van der Waals surface area contributed by atoms with E-state index < -0.39 is 25.3 Å². The van der Waals surface area contributed by atoms with Gasteiger partial charge in [0.05, 0.1) is 0 Å². The number of rotatable bonds is 4. The molecule has 1 rings (SSSR count). The van der Waals surface area contributed by atoms with Gasteiger partial charge in [-0.05, 0) is 12.3 Å². The number of hydrogen-bond acceptors (Lipinski definition) is 3. The Morgan fingerprint density at radius 3 is 2.72 bits per heavy atom. The average molecular weight is 268 g/mol. The van der Waals surface area contributed by atoms with Gasteiger partial charge in [-0.25, -0.2) is 0 Å². The second-order valence-electron chi connectivity index (χ2n) is 4.57. The van der Waals surface area contributed by atoms with Crippen LogP contribution in [-0.2, 0) is 9.53 Å². The molecular formula is C11H19F3N2O2. The van der Waals surface area contributed by atoms with E-state index >= 15 is 0 Å². The number of amides is 1. The summed E-state index contributed by atoms with van der Waals surface area (Å²) < 4.78 is 39.9. The zero-order valence-corrected chi connectivity index (χ0v) is 10.4. The van der Waals surface area contributed by atoms with Gasteiger partial charge in [-0.1, -0.05) is 13.3 Å². The van der Waals surface area contributed by atoms with Crippen LogP contribution in [0.25, 0.3) is 0 Å². The molecule has 1 aliphatic rings. The topological polar surface area (TPSA) is 55.6 Å². The van der Waals surface area contributed by atoms with Gasteiger partial charge >= 0.3 is 6.18 Å². The van der Waals surface area contributed by atoms with Crippen LogP contribution in [0.15, 0.2) is 0 Å². The van der Waals surface area contributed by atoms with Gasteiger partial charge in [-0.3, -0.25) is 4.79 Å². The summed E-state index contributed by atoms with van der Waals surface area (Å²) >= 11 is 0. The molecule has 2 N–H and O–H groups in total. The van der Waals surface area contributed by atoms with Gasteiger partial charge < -0.3 is 15.4 Å². The molecule has 0 aromatic rings. The number of nitrogens with zero attached hydrogens (tertiary/aromatic N) is 1. The molecular weight excluding hydrogens is 249 g/mol. The molecule has 1 saturated heterocycles. The number of hydrogen-bond donors (Lipinski definition) is 1. The molecule has 1 aliphatic heterocycles. The Morgan fingerprint density at radius 2 is 2.17 bits per heavy atom. The minimum Gasteiger partial charge on any atom is -0.362 e. The summed E-state index contributed by atoms with van der Waals surface area (Å²) in [5.41, 5.74) is 5.89. The summed E-state index contributed by atoms with van der Waals surface area (Å²) in [5.74, 6) is -0.185. The molecule has 0 saturated carbocycles. The van der Waals surface area contributed by atoms with Crippen molar-refractivity contribution in [3.05, 3.63) is 0 Å². The number of carbonyl (C=O) groups is 1. The predicted octanol–water partition coefficient (Wildman–Crippen LogP) is 1.15. The van der Waals surface area contributed by atoms with Crippen molar-refractivity contribution in [1.29, 1.82) is 0 Å². The molecule has 0 spiro atoms. The third kappa shape index (κ3) is 4.81. The van der Waals surface area contributed by atoms with Gasteiger partial charge in [0.25, 0.3) is 0 Å². The lowest BCUT2D eigenvalue weighted by atomic mass is 9.91. The highest BCUT2D eigenvalue weighted by molar-refractivity contribution is 5.77. The summed E-state index contributed by atoms with van der Waals surface area (Å²) in [7, 11) is 0. The van der Waals surface area contributed by atoms with Gasteiger partial charge in [-0.15, -0.1) is 0 Å². The molecule has 7 heteroatoms. The molecule has 0 aliphatic carbocycles. The monoisotopic (exact) mass is 268 g/mol. The highest BCUT2D eigenvalue weighted by Crippen LogP contribution is 2.19. The summed E-state index contributed by atoms with van der Waals surface area (Å²) in [5, 5.41) is 0. The van der Waals surface area contributed by atoms with Crippen LogP contribution in [0.1, 0.15) is 19.8 Å². The van der Waals surface area contributed by atoms with Gasteiger partial charge in [0.15, 0.2) is 0 Å². The average Bonchev–Trinajstić information content (AvgIpc) is 2.27. The molecule has 2 unspecified atom stereocenters. The molecule has 1 heterocycles. The lowest BCUT2D eigenvalue weighted by Gasteiger charge is -2.36. The number of nitrogens with two attached hydrogens (primary N) is 1. The fourth-order valence-corrected chi connectivity index (χ4v) is 2.05. The second-order valence-corrected chi connectivity index (χ2v) is 4.57. The van der Waals surface area contributed by atoms with Gasteiger partial charge in [-0.2, -0.15) is 13.2 Å². The maximum absolute atomic E-state index is 11.8. The molecule has 4 nitrogen and oxygen atoms in total. The first-order valence-corrected chi connectivity index (χ1v) is 6.01. The van der Waals surface area contributed by atoms with Gasteiger partial charge in [0.1, 0.15) is 13.2 Å². The maximum atomic E-state index is 11.8. The Hall–Kier alpha value is -0.820. The van der Waals surface area contributed by atoms with E-state index in [2.05, 4.69) is 4.74 Å². The largest absolute Gasteiger partial charge is 0.411 e. The molecule has 1 fully saturated rings. The van der Waals surface area contributed by atoms with Crippen molar-refractivity contribution in [3.8, 4) is 0 Å². The summed E-state index contributed by atoms with van der Waals surface area (Å²) in [6.07, 6.45) is -2.85. The second kappa shape index (κ2) is 6.38. The summed E-state index contributed by atoms with van der Waals surface area (Å²) in [4.78, 5) is 13.2. The minimum absolute atomic E-state index is 0.0649. The maximum Gasteiger partial charge on any atom is 0.411 e. The number of likely N-dealkylation sites (tertiary alicyclic amines) is 1. The third-order valence-electron chi connectivity index (χ3n) is 3.16. The van der Waals surface area contributed by atoms with Crippen LogP contribution in [0.5, 0.6) is 0 Å². The van der Waals surface area contributed by atoms with E-state index in [9.17, 15) is 18.0 Å². The van der Waals surface area contributed by atoms with E-state index in [0.717, 1.165) is 6.42 Å². The van der Waals surface area contributed by atoms with Crippen molar-refractivity contribution in [2.75, 3.05) is 26.3 Å². The Bertz CT molecular complexity index is 284. The summed E-state index contributed by atoms with van der Waals surface area (Å²) in [6.45, 7) is 1.07. The smallest absolute Gasteiger partial charge is 0.362 e. The fourth-order valence-electron chi connectivity index (χ4n) is 2.05. The predicted molar refractivity (Wildman–Crippen MR) is 59.8 cm³/mol. The quantitative estimate of drug-likeness (QED) is 0.832. The van der Waals surface area contributed by atoms with Crippen LogP contribution < -0.4 is 5.73 Å². The first-order chi connectivity index (χ1) is 8.33. The number of piperidine rings is 1. The molecule has 2 atom stereocenters. The molecule has 0 bridgehead atoms. The Labute approximate surface area is 104 Å². The van der Waals surface area contributed by atoms with Crippen molar-refractivity contribution in [3.63, 3.8) is 0 Å². The molecule has 0 aromatic heterocycles. The van der Waals surface area contributed by atoms with Crippen molar-refractivity contribution in [2.24, 2.45) is 11.7 Å². The van der Waals surface area contributed by atoms with Crippen molar-refractivity contribution in [1.82, 2.24) is 4.90 Å². The van der Waals surface area contributed by atoms with E-state index in [1.54, 1.807) is 0 Å². The number of alkyl halides is 3. The third-order valence-corrected chi connectivity index (χ3v) is 3.16. The zero-order chi connectivity index (χ0) is 13.8. The zero-order valence-electron chi connectivity index (χ0n) is 10.4. The van der Waals surface area contributed by atoms with E-state index in [1.807, 2.05) is 6.92 Å². The standard InChI is InChI=1S/C11H19F3N2O2/c1-2-8-5-16(4-3-9(8)15)10(17)6-18-7-11(12,13)14/h8-9H,2-7,15H2,1H3. The SMILES string of the molecule is CCC1CN(C(=O)COCC(F)(F)F)CCC1N. The lowest BCUT2D eigenvalue weighted by molar-refractivity contribution is -0.178.